The number of allylic oxidation sites excluding steroid dienone is 2. The highest BCUT2D eigenvalue weighted by Gasteiger charge is 2.35. The number of rotatable bonds is 4. The molecule has 0 saturated heterocycles. The molecule has 15 heavy (non-hydrogen) atoms. The van der Waals surface area contributed by atoms with E-state index in [2.05, 4.69) is 6.92 Å². The fourth-order valence-electron chi connectivity index (χ4n) is 2.03. The fourth-order valence-corrected chi connectivity index (χ4v) is 2.03. The van der Waals surface area contributed by atoms with E-state index in [-0.39, 0.29) is 17.7 Å². The van der Waals surface area contributed by atoms with Crippen molar-refractivity contribution < 1.29 is 14.3 Å². The summed E-state index contributed by atoms with van der Waals surface area (Å²) in [4.78, 5) is 23.2. The molecule has 0 N–H and O–H groups in total. The molecule has 0 aromatic heterocycles. The second-order valence-corrected chi connectivity index (χ2v) is 3.82. The standard InChI is InChI=1S/C12H18O3/c1-3-6-9-7-5-8-10(13)11(9)12(14)15-4-2/h5,8-9,11H,3-4,6-7H2,1-2H3. The lowest BCUT2D eigenvalue weighted by Crippen LogP contribution is -2.34. The summed E-state index contributed by atoms with van der Waals surface area (Å²) in [6.45, 7) is 4.16. The quantitative estimate of drug-likeness (QED) is 0.527. The molecule has 0 spiro atoms. The van der Waals surface area contributed by atoms with Gasteiger partial charge in [-0.05, 0) is 31.8 Å². The van der Waals surface area contributed by atoms with E-state index in [1.54, 1.807) is 6.92 Å². The van der Waals surface area contributed by atoms with Crippen LogP contribution < -0.4 is 0 Å². The van der Waals surface area contributed by atoms with Crippen LogP contribution in [0, 0.1) is 11.8 Å². The molecule has 3 heteroatoms. The van der Waals surface area contributed by atoms with Gasteiger partial charge in [0.05, 0.1) is 6.61 Å². The third-order valence-corrected chi connectivity index (χ3v) is 2.70. The van der Waals surface area contributed by atoms with Crippen molar-refractivity contribution >= 4 is 11.8 Å². The number of ketones is 1. The summed E-state index contributed by atoms with van der Waals surface area (Å²) in [5.41, 5.74) is 0. The van der Waals surface area contributed by atoms with Gasteiger partial charge in [0.15, 0.2) is 5.78 Å². The number of esters is 1. The van der Waals surface area contributed by atoms with Crippen molar-refractivity contribution in [1.82, 2.24) is 0 Å². The molecule has 0 amide bonds. The minimum Gasteiger partial charge on any atom is -0.465 e. The Labute approximate surface area is 90.5 Å². The maximum absolute atomic E-state index is 11.6. The highest BCUT2D eigenvalue weighted by atomic mass is 16.5. The smallest absolute Gasteiger partial charge is 0.317 e. The number of hydrogen-bond acceptors (Lipinski definition) is 3. The molecule has 2 unspecified atom stereocenters. The van der Waals surface area contributed by atoms with E-state index in [0.29, 0.717) is 6.61 Å². The Bertz CT molecular complexity index is 268. The van der Waals surface area contributed by atoms with Crippen LogP contribution in [0.1, 0.15) is 33.1 Å². The normalized spacial score (nSPS) is 25.3. The lowest BCUT2D eigenvalue weighted by Gasteiger charge is -2.25. The van der Waals surface area contributed by atoms with Gasteiger partial charge in [-0.3, -0.25) is 9.59 Å². The van der Waals surface area contributed by atoms with Gasteiger partial charge in [0, 0.05) is 0 Å². The first-order valence-electron chi connectivity index (χ1n) is 5.57. The Balaban J connectivity index is 2.74. The topological polar surface area (TPSA) is 43.4 Å². The molecule has 0 fully saturated rings. The number of ether oxygens (including phenoxy) is 1. The monoisotopic (exact) mass is 210 g/mol. The third-order valence-electron chi connectivity index (χ3n) is 2.70. The first-order valence-corrected chi connectivity index (χ1v) is 5.57. The van der Waals surface area contributed by atoms with E-state index in [9.17, 15) is 9.59 Å². The molecular weight excluding hydrogens is 192 g/mol. The van der Waals surface area contributed by atoms with Crippen LogP contribution >= 0.6 is 0 Å². The highest BCUT2D eigenvalue weighted by molar-refractivity contribution is 6.05. The number of carbonyl (C=O) groups is 2. The summed E-state index contributed by atoms with van der Waals surface area (Å²) in [7, 11) is 0. The first-order chi connectivity index (χ1) is 7.20. The molecule has 1 aliphatic rings. The van der Waals surface area contributed by atoms with Crippen LogP contribution in [0.25, 0.3) is 0 Å². The largest absolute Gasteiger partial charge is 0.465 e. The van der Waals surface area contributed by atoms with E-state index >= 15 is 0 Å². The first kappa shape index (κ1) is 12.0. The van der Waals surface area contributed by atoms with Crippen LogP contribution in [0.2, 0.25) is 0 Å². The summed E-state index contributed by atoms with van der Waals surface area (Å²) in [5, 5.41) is 0. The predicted octanol–water partition coefficient (Wildman–Crippen LogP) is 2.11. The maximum Gasteiger partial charge on any atom is 0.317 e. The van der Waals surface area contributed by atoms with Crippen LogP contribution in [-0.4, -0.2) is 18.4 Å². The second-order valence-electron chi connectivity index (χ2n) is 3.82. The van der Waals surface area contributed by atoms with Gasteiger partial charge in [0.25, 0.3) is 0 Å². The van der Waals surface area contributed by atoms with E-state index in [0.717, 1.165) is 19.3 Å². The molecule has 0 aromatic carbocycles. The molecule has 0 aliphatic heterocycles. The van der Waals surface area contributed by atoms with Crippen LogP contribution in [0.15, 0.2) is 12.2 Å². The van der Waals surface area contributed by atoms with Crippen molar-refractivity contribution in [2.75, 3.05) is 6.61 Å². The molecule has 3 nitrogen and oxygen atoms in total. The minimum absolute atomic E-state index is 0.0989. The average molecular weight is 210 g/mol. The molecule has 2 atom stereocenters. The number of carbonyl (C=O) groups excluding carboxylic acids is 2. The summed E-state index contributed by atoms with van der Waals surface area (Å²) in [6, 6.07) is 0. The van der Waals surface area contributed by atoms with E-state index in [1.165, 1.54) is 6.08 Å². The van der Waals surface area contributed by atoms with Crippen molar-refractivity contribution in [2.24, 2.45) is 11.8 Å². The molecule has 84 valence electrons. The lowest BCUT2D eigenvalue weighted by molar-refractivity contribution is -0.153. The molecule has 0 heterocycles. The Hall–Kier alpha value is -1.12. The van der Waals surface area contributed by atoms with Crippen molar-refractivity contribution in [1.29, 1.82) is 0 Å². The summed E-state index contributed by atoms with van der Waals surface area (Å²) >= 11 is 0. The van der Waals surface area contributed by atoms with Gasteiger partial charge in [0.2, 0.25) is 0 Å². The van der Waals surface area contributed by atoms with E-state index in [1.807, 2.05) is 6.08 Å². The summed E-state index contributed by atoms with van der Waals surface area (Å²) in [5.74, 6) is -0.884. The van der Waals surface area contributed by atoms with Gasteiger partial charge >= 0.3 is 5.97 Å². The van der Waals surface area contributed by atoms with Crippen molar-refractivity contribution in [2.45, 2.75) is 33.1 Å². The van der Waals surface area contributed by atoms with Gasteiger partial charge in [-0.25, -0.2) is 0 Å². The Morgan fingerprint density at radius 3 is 2.87 bits per heavy atom. The van der Waals surface area contributed by atoms with Crippen molar-refractivity contribution in [3.05, 3.63) is 12.2 Å². The van der Waals surface area contributed by atoms with Gasteiger partial charge in [0.1, 0.15) is 5.92 Å². The Morgan fingerprint density at radius 2 is 2.27 bits per heavy atom. The third kappa shape index (κ3) is 2.91. The Morgan fingerprint density at radius 1 is 1.53 bits per heavy atom. The SMILES string of the molecule is CCCC1CC=CC(=O)C1C(=O)OCC. The summed E-state index contributed by atoms with van der Waals surface area (Å²) < 4.78 is 4.93. The van der Waals surface area contributed by atoms with E-state index < -0.39 is 5.92 Å². The zero-order valence-corrected chi connectivity index (χ0v) is 9.36. The molecule has 1 aliphatic carbocycles. The van der Waals surface area contributed by atoms with Gasteiger partial charge in [-0.2, -0.15) is 0 Å². The lowest BCUT2D eigenvalue weighted by atomic mass is 9.79. The van der Waals surface area contributed by atoms with Gasteiger partial charge in [-0.1, -0.05) is 19.4 Å². The average Bonchev–Trinajstić information content (AvgIpc) is 2.18. The second kappa shape index (κ2) is 5.69. The van der Waals surface area contributed by atoms with E-state index in [4.69, 9.17) is 4.74 Å². The summed E-state index contributed by atoms with van der Waals surface area (Å²) in [6.07, 6.45) is 6.07. The minimum atomic E-state index is -0.560. The maximum atomic E-state index is 11.6. The van der Waals surface area contributed by atoms with Gasteiger partial charge in [-0.15, -0.1) is 0 Å². The fraction of sp³-hybridized carbons (Fsp3) is 0.667. The molecular formula is C12H18O3. The van der Waals surface area contributed by atoms with Gasteiger partial charge < -0.3 is 4.74 Å². The van der Waals surface area contributed by atoms with Crippen LogP contribution in [0.5, 0.6) is 0 Å². The molecule has 0 radical (unpaired) electrons. The zero-order valence-electron chi connectivity index (χ0n) is 9.36. The van der Waals surface area contributed by atoms with Crippen LogP contribution in [0.4, 0.5) is 0 Å². The predicted molar refractivity (Wildman–Crippen MR) is 57.3 cm³/mol. The Kier molecular flexibility index (Phi) is 4.53. The zero-order chi connectivity index (χ0) is 11.3. The van der Waals surface area contributed by atoms with Crippen molar-refractivity contribution in [3.8, 4) is 0 Å². The van der Waals surface area contributed by atoms with Crippen LogP contribution in [-0.2, 0) is 14.3 Å². The highest BCUT2D eigenvalue weighted by Crippen LogP contribution is 2.28. The molecule has 0 bridgehead atoms. The molecule has 0 saturated carbocycles. The van der Waals surface area contributed by atoms with Crippen molar-refractivity contribution in [3.63, 3.8) is 0 Å². The molecule has 0 aromatic rings. The van der Waals surface area contributed by atoms with Crippen LogP contribution in [0.3, 0.4) is 0 Å². The number of hydrogen-bond donors (Lipinski definition) is 0. The molecule has 1 rings (SSSR count).